The summed E-state index contributed by atoms with van der Waals surface area (Å²) in [7, 11) is -2.82. The summed E-state index contributed by atoms with van der Waals surface area (Å²) >= 11 is 0. The summed E-state index contributed by atoms with van der Waals surface area (Å²) in [4.78, 5) is 40.9. The molecule has 2 aromatic heterocycles. The molecule has 176 valence electrons. The van der Waals surface area contributed by atoms with Crippen molar-refractivity contribution in [1.29, 1.82) is 0 Å². The standard InChI is InChI=1S/C22H20N4O7S/c1-12-16(21(28)32-2)9-13(33-12)11-23-20(27)15-5-3-4-6-17(15)26-34(30,31)14-7-8-18-19(10-14)25-22(29)24-18/h3-10,26H,11H2,1-2H3,(H,23,27)(H2,24,25,29). The number of para-hydroxylation sites is 1. The van der Waals surface area contributed by atoms with Gasteiger partial charge in [-0.15, -0.1) is 0 Å². The Labute approximate surface area is 193 Å². The Bertz CT molecular complexity index is 1560. The number of anilines is 1. The number of benzene rings is 2. The van der Waals surface area contributed by atoms with Crippen LogP contribution in [0.3, 0.4) is 0 Å². The molecule has 0 unspecified atom stereocenters. The second-order valence-electron chi connectivity index (χ2n) is 7.29. The number of hydrogen-bond donors (Lipinski definition) is 4. The van der Waals surface area contributed by atoms with Crippen molar-refractivity contribution in [1.82, 2.24) is 15.3 Å². The molecule has 12 heteroatoms. The summed E-state index contributed by atoms with van der Waals surface area (Å²) in [5.74, 6) is -0.430. The number of sulfonamides is 1. The molecule has 34 heavy (non-hydrogen) atoms. The Hall–Kier alpha value is -4.32. The van der Waals surface area contributed by atoms with Crippen LogP contribution < -0.4 is 15.7 Å². The number of methoxy groups -OCH3 is 1. The predicted octanol–water partition coefficient (Wildman–Crippen LogP) is 2.28. The highest BCUT2D eigenvalue weighted by atomic mass is 32.2. The molecule has 0 radical (unpaired) electrons. The van der Waals surface area contributed by atoms with Crippen LogP contribution in [0, 0.1) is 6.92 Å². The molecule has 0 aliphatic carbocycles. The molecule has 0 bridgehead atoms. The van der Waals surface area contributed by atoms with Gasteiger partial charge in [-0.2, -0.15) is 0 Å². The van der Waals surface area contributed by atoms with Gasteiger partial charge in [0.2, 0.25) is 0 Å². The van der Waals surface area contributed by atoms with Gasteiger partial charge in [-0.05, 0) is 43.3 Å². The highest BCUT2D eigenvalue weighted by Gasteiger charge is 2.20. The lowest BCUT2D eigenvalue weighted by Crippen LogP contribution is -2.24. The molecule has 11 nitrogen and oxygen atoms in total. The number of H-pyrrole nitrogens is 2. The van der Waals surface area contributed by atoms with Crippen molar-refractivity contribution in [3.8, 4) is 0 Å². The minimum Gasteiger partial charge on any atom is -0.465 e. The summed E-state index contributed by atoms with van der Waals surface area (Å²) in [6.45, 7) is 1.57. The van der Waals surface area contributed by atoms with Gasteiger partial charge in [-0.25, -0.2) is 18.0 Å². The van der Waals surface area contributed by atoms with E-state index < -0.39 is 27.6 Å². The average molecular weight is 484 g/mol. The molecule has 0 fully saturated rings. The Balaban J connectivity index is 1.53. The summed E-state index contributed by atoms with van der Waals surface area (Å²) in [6.07, 6.45) is 0. The summed E-state index contributed by atoms with van der Waals surface area (Å²) in [6, 6.07) is 11.7. The molecule has 4 N–H and O–H groups in total. The topological polar surface area (TPSA) is 163 Å². The number of furan rings is 1. The lowest BCUT2D eigenvalue weighted by atomic mass is 10.1. The number of aromatic amines is 2. The monoisotopic (exact) mass is 484 g/mol. The Morgan fingerprint density at radius 3 is 2.53 bits per heavy atom. The average Bonchev–Trinajstić information content (AvgIpc) is 3.37. The van der Waals surface area contributed by atoms with Crippen LogP contribution in [0.15, 0.2) is 62.6 Å². The van der Waals surface area contributed by atoms with Crippen LogP contribution >= 0.6 is 0 Å². The largest absolute Gasteiger partial charge is 0.465 e. The third kappa shape index (κ3) is 4.57. The smallest absolute Gasteiger partial charge is 0.341 e. The van der Waals surface area contributed by atoms with Gasteiger partial charge in [0, 0.05) is 0 Å². The van der Waals surface area contributed by atoms with E-state index >= 15 is 0 Å². The van der Waals surface area contributed by atoms with E-state index in [0.717, 1.165) is 0 Å². The molecule has 0 aliphatic heterocycles. The van der Waals surface area contributed by atoms with E-state index in [9.17, 15) is 22.8 Å². The third-order valence-electron chi connectivity index (χ3n) is 5.01. The minimum atomic E-state index is -4.07. The number of esters is 1. The molecule has 4 aromatic rings. The van der Waals surface area contributed by atoms with Crippen molar-refractivity contribution in [2.45, 2.75) is 18.4 Å². The number of nitrogens with one attached hydrogen (secondary N) is 4. The summed E-state index contributed by atoms with van der Waals surface area (Å²) in [5, 5.41) is 2.64. The van der Waals surface area contributed by atoms with Gasteiger partial charge in [0.05, 0.1) is 40.8 Å². The quantitative estimate of drug-likeness (QED) is 0.292. The molecule has 2 aromatic carbocycles. The van der Waals surface area contributed by atoms with Gasteiger partial charge in [0.15, 0.2) is 0 Å². The van der Waals surface area contributed by atoms with Crippen molar-refractivity contribution in [2.75, 3.05) is 11.8 Å². The molecule has 2 heterocycles. The number of carbonyl (C=O) groups excluding carboxylic acids is 2. The van der Waals surface area contributed by atoms with Crippen molar-refractivity contribution >= 4 is 38.6 Å². The zero-order valence-corrected chi connectivity index (χ0v) is 18.9. The maximum atomic E-state index is 12.9. The van der Waals surface area contributed by atoms with Crippen LogP contribution in [0.5, 0.6) is 0 Å². The molecule has 0 saturated heterocycles. The zero-order valence-electron chi connectivity index (χ0n) is 18.1. The van der Waals surface area contributed by atoms with Gasteiger partial charge in [0.25, 0.3) is 15.9 Å². The van der Waals surface area contributed by atoms with E-state index in [4.69, 9.17) is 4.42 Å². The van der Waals surface area contributed by atoms with E-state index in [1.165, 1.54) is 43.5 Å². The first-order valence-electron chi connectivity index (χ1n) is 9.97. The predicted molar refractivity (Wildman–Crippen MR) is 122 cm³/mol. The van der Waals surface area contributed by atoms with Gasteiger partial charge < -0.3 is 24.4 Å². The van der Waals surface area contributed by atoms with Crippen LogP contribution in [0.4, 0.5) is 5.69 Å². The van der Waals surface area contributed by atoms with Crippen molar-refractivity contribution in [2.24, 2.45) is 0 Å². The van der Waals surface area contributed by atoms with Gasteiger partial charge >= 0.3 is 11.7 Å². The van der Waals surface area contributed by atoms with Crippen LogP contribution in [-0.4, -0.2) is 37.4 Å². The van der Waals surface area contributed by atoms with Crippen molar-refractivity contribution < 1.29 is 27.2 Å². The fourth-order valence-corrected chi connectivity index (χ4v) is 4.46. The Kier molecular flexibility index (Phi) is 5.99. The lowest BCUT2D eigenvalue weighted by molar-refractivity contribution is 0.0598. The summed E-state index contributed by atoms with van der Waals surface area (Å²) < 4.78 is 38.4. The molecule has 4 rings (SSSR count). The van der Waals surface area contributed by atoms with Crippen molar-refractivity contribution in [3.05, 3.63) is 81.7 Å². The molecule has 0 aliphatic rings. The molecular formula is C22H20N4O7S. The number of aryl methyl sites for hydroxylation is 1. The highest BCUT2D eigenvalue weighted by molar-refractivity contribution is 7.92. The highest BCUT2D eigenvalue weighted by Crippen LogP contribution is 2.22. The normalized spacial score (nSPS) is 11.4. The number of imidazole rings is 1. The number of hydrogen-bond acceptors (Lipinski definition) is 7. The fourth-order valence-electron chi connectivity index (χ4n) is 3.36. The van der Waals surface area contributed by atoms with Crippen molar-refractivity contribution in [3.63, 3.8) is 0 Å². The van der Waals surface area contributed by atoms with E-state index in [-0.39, 0.29) is 28.3 Å². The molecular weight excluding hydrogens is 464 g/mol. The van der Waals surface area contributed by atoms with Crippen LogP contribution in [0.2, 0.25) is 0 Å². The number of aromatic nitrogens is 2. The van der Waals surface area contributed by atoms with E-state index in [1.54, 1.807) is 19.1 Å². The van der Waals surface area contributed by atoms with E-state index in [1.807, 2.05) is 0 Å². The zero-order chi connectivity index (χ0) is 24.5. The molecule has 1 amide bonds. The number of ether oxygens (including phenoxy) is 1. The second-order valence-corrected chi connectivity index (χ2v) is 8.98. The van der Waals surface area contributed by atoms with Crippen LogP contribution in [0.1, 0.15) is 32.2 Å². The number of fused-ring (bicyclic) bond motifs is 1. The first-order chi connectivity index (χ1) is 16.2. The Morgan fingerprint density at radius 1 is 1.03 bits per heavy atom. The molecule has 0 spiro atoms. The lowest BCUT2D eigenvalue weighted by Gasteiger charge is -2.12. The Morgan fingerprint density at radius 2 is 1.76 bits per heavy atom. The van der Waals surface area contributed by atoms with Crippen LogP contribution in [0.25, 0.3) is 11.0 Å². The second kappa shape index (κ2) is 8.90. The number of rotatable bonds is 7. The SMILES string of the molecule is COC(=O)c1cc(CNC(=O)c2ccccc2NS(=O)(=O)c2ccc3[nH]c(=O)[nH]c3c2)oc1C. The maximum Gasteiger partial charge on any atom is 0.341 e. The van der Waals surface area contributed by atoms with E-state index in [0.29, 0.717) is 22.6 Å². The van der Waals surface area contributed by atoms with E-state index in [2.05, 4.69) is 24.7 Å². The molecule has 0 atom stereocenters. The first kappa shape index (κ1) is 22.9. The van der Waals surface area contributed by atoms with Crippen LogP contribution in [-0.2, 0) is 21.3 Å². The number of carbonyl (C=O) groups is 2. The molecule has 0 saturated carbocycles. The van der Waals surface area contributed by atoms with Gasteiger partial charge in [-0.1, -0.05) is 12.1 Å². The number of amides is 1. The fraction of sp³-hybridized carbons (Fsp3) is 0.136. The first-order valence-corrected chi connectivity index (χ1v) is 11.5. The van der Waals surface area contributed by atoms with Gasteiger partial charge in [-0.3, -0.25) is 9.52 Å². The summed E-state index contributed by atoms with van der Waals surface area (Å²) in [5.41, 5.74) is 0.740. The maximum absolute atomic E-state index is 12.9. The third-order valence-corrected chi connectivity index (χ3v) is 6.37. The minimum absolute atomic E-state index is 0.0325. The van der Waals surface area contributed by atoms with Gasteiger partial charge in [0.1, 0.15) is 17.1 Å².